The second-order valence-electron chi connectivity index (χ2n) is 4.06. The maximum atomic E-state index is 10.7. The molecule has 1 aromatic rings. The molecule has 1 fully saturated rings. The molecule has 2 heterocycles. The number of carboxylic acid groups (broad SMARTS) is 1. The standard InChI is InChI=1S/C12H15NO4/c1-8-10(3-2-6-13-8)16-7-9-4-5-11(17-9)12(14)15/h2-3,6,9,11H,4-5,7H2,1H3,(H,14,15). The first-order chi connectivity index (χ1) is 8.16. The molecule has 0 saturated carbocycles. The molecule has 2 atom stereocenters. The Bertz CT molecular complexity index is 407. The maximum Gasteiger partial charge on any atom is 0.332 e. The van der Waals surface area contributed by atoms with Crippen LogP contribution in [0.3, 0.4) is 0 Å². The van der Waals surface area contributed by atoms with E-state index in [0.29, 0.717) is 13.0 Å². The van der Waals surface area contributed by atoms with Crippen LogP contribution in [0.25, 0.3) is 0 Å². The Balaban J connectivity index is 1.84. The first kappa shape index (κ1) is 11.9. The van der Waals surface area contributed by atoms with E-state index in [0.717, 1.165) is 17.9 Å². The Morgan fingerprint density at radius 3 is 3.12 bits per heavy atom. The third kappa shape index (κ3) is 2.94. The van der Waals surface area contributed by atoms with E-state index in [1.54, 1.807) is 12.3 Å². The third-order valence-electron chi connectivity index (χ3n) is 2.77. The highest BCUT2D eigenvalue weighted by Gasteiger charge is 2.30. The van der Waals surface area contributed by atoms with E-state index in [4.69, 9.17) is 14.6 Å². The number of aryl methyl sites for hydroxylation is 1. The van der Waals surface area contributed by atoms with Crippen molar-refractivity contribution in [2.45, 2.75) is 32.0 Å². The van der Waals surface area contributed by atoms with Crippen LogP contribution in [0.2, 0.25) is 0 Å². The molecule has 1 saturated heterocycles. The first-order valence-electron chi connectivity index (χ1n) is 5.59. The lowest BCUT2D eigenvalue weighted by atomic mass is 10.2. The van der Waals surface area contributed by atoms with Gasteiger partial charge in [-0.05, 0) is 31.9 Å². The number of carboxylic acids is 1. The Labute approximate surface area is 99.4 Å². The van der Waals surface area contributed by atoms with Crippen LogP contribution in [0, 0.1) is 6.92 Å². The summed E-state index contributed by atoms with van der Waals surface area (Å²) in [5.41, 5.74) is 0.820. The Morgan fingerprint density at radius 2 is 2.47 bits per heavy atom. The van der Waals surface area contributed by atoms with Crippen LogP contribution < -0.4 is 4.74 Å². The molecule has 0 amide bonds. The van der Waals surface area contributed by atoms with Gasteiger partial charge in [0.25, 0.3) is 0 Å². The fourth-order valence-electron chi connectivity index (χ4n) is 1.81. The van der Waals surface area contributed by atoms with Crippen molar-refractivity contribution in [3.05, 3.63) is 24.0 Å². The zero-order valence-corrected chi connectivity index (χ0v) is 9.63. The Kier molecular flexibility index (Phi) is 3.58. The van der Waals surface area contributed by atoms with Crippen LogP contribution in [0.4, 0.5) is 0 Å². The second kappa shape index (κ2) is 5.14. The van der Waals surface area contributed by atoms with Gasteiger partial charge in [-0.3, -0.25) is 4.98 Å². The minimum Gasteiger partial charge on any atom is -0.489 e. The van der Waals surface area contributed by atoms with E-state index in [-0.39, 0.29) is 6.10 Å². The van der Waals surface area contributed by atoms with Crippen LogP contribution >= 0.6 is 0 Å². The van der Waals surface area contributed by atoms with Gasteiger partial charge in [0.15, 0.2) is 6.10 Å². The number of ether oxygens (including phenoxy) is 2. The molecule has 1 aliphatic heterocycles. The van der Waals surface area contributed by atoms with Gasteiger partial charge >= 0.3 is 5.97 Å². The number of rotatable bonds is 4. The highest BCUT2D eigenvalue weighted by atomic mass is 16.6. The summed E-state index contributed by atoms with van der Waals surface area (Å²) in [7, 11) is 0. The summed E-state index contributed by atoms with van der Waals surface area (Å²) in [4.78, 5) is 14.8. The molecule has 5 nitrogen and oxygen atoms in total. The molecule has 1 aliphatic rings. The van der Waals surface area contributed by atoms with E-state index >= 15 is 0 Å². The summed E-state index contributed by atoms with van der Waals surface area (Å²) >= 11 is 0. The highest BCUT2D eigenvalue weighted by Crippen LogP contribution is 2.21. The summed E-state index contributed by atoms with van der Waals surface area (Å²) in [6.45, 7) is 2.24. The number of pyridine rings is 1. The van der Waals surface area contributed by atoms with Gasteiger partial charge in [0, 0.05) is 6.20 Å². The number of aromatic nitrogens is 1. The van der Waals surface area contributed by atoms with Gasteiger partial charge in [-0.25, -0.2) is 4.79 Å². The summed E-state index contributed by atoms with van der Waals surface area (Å²) in [5.74, 6) is -0.181. The lowest BCUT2D eigenvalue weighted by Crippen LogP contribution is -2.23. The van der Waals surface area contributed by atoms with Gasteiger partial charge in [-0.1, -0.05) is 0 Å². The minimum absolute atomic E-state index is 0.143. The SMILES string of the molecule is Cc1ncccc1OCC1CCC(C(=O)O)O1. The summed E-state index contributed by atoms with van der Waals surface area (Å²) < 4.78 is 10.9. The molecule has 0 bridgehead atoms. The molecule has 0 radical (unpaired) electrons. The number of hydrogen-bond donors (Lipinski definition) is 1. The zero-order chi connectivity index (χ0) is 12.3. The van der Waals surface area contributed by atoms with Crippen molar-refractivity contribution in [1.29, 1.82) is 0 Å². The first-order valence-corrected chi connectivity index (χ1v) is 5.59. The fraction of sp³-hybridized carbons (Fsp3) is 0.500. The van der Waals surface area contributed by atoms with Gasteiger partial charge in [-0.15, -0.1) is 0 Å². The average molecular weight is 237 g/mol. The molecule has 0 spiro atoms. The maximum absolute atomic E-state index is 10.7. The number of hydrogen-bond acceptors (Lipinski definition) is 4. The van der Waals surface area contributed by atoms with Gasteiger partial charge in [-0.2, -0.15) is 0 Å². The van der Waals surface area contributed by atoms with Crippen molar-refractivity contribution >= 4 is 5.97 Å². The zero-order valence-electron chi connectivity index (χ0n) is 9.63. The second-order valence-corrected chi connectivity index (χ2v) is 4.06. The van der Waals surface area contributed by atoms with Crippen LogP contribution in [-0.4, -0.2) is 34.9 Å². The quantitative estimate of drug-likeness (QED) is 0.857. The van der Waals surface area contributed by atoms with E-state index < -0.39 is 12.1 Å². The summed E-state index contributed by atoms with van der Waals surface area (Å²) in [6.07, 6.45) is 2.15. The number of aliphatic carboxylic acids is 1. The van der Waals surface area contributed by atoms with Crippen molar-refractivity contribution in [2.24, 2.45) is 0 Å². The van der Waals surface area contributed by atoms with Gasteiger partial charge in [0.05, 0.1) is 11.8 Å². The monoisotopic (exact) mass is 237 g/mol. The smallest absolute Gasteiger partial charge is 0.332 e. The van der Waals surface area contributed by atoms with Crippen molar-refractivity contribution in [2.75, 3.05) is 6.61 Å². The Morgan fingerprint density at radius 1 is 1.65 bits per heavy atom. The molecule has 2 unspecified atom stereocenters. The van der Waals surface area contributed by atoms with Crippen molar-refractivity contribution in [3.63, 3.8) is 0 Å². The number of nitrogens with zero attached hydrogens (tertiary/aromatic N) is 1. The molecular formula is C12H15NO4. The van der Waals surface area contributed by atoms with Crippen LogP contribution in [0.5, 0.6) is 5.75 Å². The van der Waals surface area contributed by atoms with E-state index in [2.05, 4.69) is 4.98 Å². The van der Waals surface area contributed by atoms with Crippen molar-refractivity contribution in [1.82, 2.24) is 4.98 Å². The molecular weight excluding hydrogens is 222 g/mol. The van der Waals surface area contributed by atoms with E-state index in [9.17, 15) is 4.79 Å². The molecule has 1 aromatic heterocycles. The predicted octanol–water partition coefficient (Wildman–Crippen LogP) is 1.40. The molecule has 0 aliphatic carbocycles. The molecule has 17 heavy (non-hydrogen) atoms. The largest absolute Gasteiger partial charge is 0.489 e. The lowest BCUT2D eigenvalue weighted by molar-refractivity contribution is -0.149. The fourth-order valence-corrected chi connectivity index (χ4v) is 1.81. The van der Waals surface area contributed by atoms with Gasteiger partial charge in [0.1, 0.15) is 12.4 Å². The molecule has 5 heteroatoms. The van der Waals surface area contributed by atoms with Gasteiger partial charge in [0.2, 0.25) is 0 Å². The lowest BCUT2D eigenvalue weighted by Gasteiger charge is -2.13. The Hall–Kier alpha value is -1.62. The van der Waals surface area contributed by atoms with Crippen molar-refractivity contribution < 1.29 is 19.4 Å². The van der Waals surface area contributed by atoms with Gasteiger partial charge < -0.3 is 14.6 Å². The van der Waals surface area contributed by atoms with Crippen LogP contribution in [0.1, 0.15) is 18.5 Å². The summed E-state index contributed by atoms with van der Waals surface area (Å²) in [5, 5.41) is 8.78. The third-order valence-corrected chi connectivity index (χ3v) is 2.77. The van der Waals surface area contributed by atoms with Crippen molar-refractivity contribution in [3.8, 4) is 5.75 Å². The molecule has 1 N–H and O–H groups in total. The number of carbonyl (C=O) groups is 1. The highest BCUT2D eigenvalue weighted by molar-refractivity contribution is 5.72. The average Bonchev–Trinajstić information content (AvgIpc) is 2.77. The molecule has 92 valence electrons. The predicted molar refractivity (Wildman–Crippen MR) is 60.0 cm³/mol. The normalized spacial score (nSPS) is 23.6. The molecule has 0 aromatic carbocycles. The van der Waals surface area contributed by atoms with Crippen LogP contribution in [-0.2, 0) is 9.53 Å². The van der Waals surface area contributed by atoms with E-state index in [1.807, 2.05) is 13.0 Å². The van der Waals surface area contributed by atoms with Crippen LogP contribution in [0.15, 0.2) is 18.3 Å². The van der Waals surface area contributed by atoms with E-state index in [1.165, 1.54) is 0 Å². The topological polar surface area (TPSA) is 68.7 Å². The minimum atomic E-state index is -0.898. The summed E-state index contributed by atoms with van der Waals surface area (Å²) in [6, 6.07) is 3.64. The molecule has 2 rings (SSSR count).